The molecule has 0 heterocycles. The normalized spacial score (nSPS) is 22.2. The van der Waals surface area contributed by atoms with Crippen molar-refractivity contribution in [2.45, 2.75) is 84.8 Å². The molecule has 1 fully saturated rings. The summed E-state index contributed by atoms with van der Waals surface area (Å²) >= 11 is 0. The molecule has 3 atom stereocenters. The SMILES string of the molecule is CCCO[C@]1(C(=O)Nc2ccc(O[C@@H](C)CC)c(C(=O)OCC)c2)CCC[C@@H](C)C1. The van der Waals surface area contributed by atoms with Crippen LogP contribution in [0.1, 0.15) is 83.5 Å². The average molecular weight is 420 g/mol. The summed E-state index contributed by atoms with van der Waals surface area (Å²) in [5.74, 6) is 0.287. The van der Waals surface area contributed by atoms with Crippen molar-refractivity contribution in [3.05, 3.63) is 23.8 Å². The van der Waals surface area contributed by atoms with Gasteiger partial charge in [0.15, 0.2) is 0 Å². The van der Waals surface area contributed by atoms with Gasteiger partial charge in [-0.3, -0.25) is 4.79 Å². The lowest BCUT2D eigenvalue weighted by atomic mass is 9.78. The lowest BCUT2D eigenvalue weighted by Crippen LogP contribution is -2.48. The molecule has 1 N–H and O–H groups in total. The zero-order valence-corrected chi connectivity index (χ0v) is 19.1. The second-order valence-electron chi connectivity index (χ2n) is 8.27. The fourth-order valence-corrected chi connectivity index (χ4v) is 3.83. The topological polar surface area (TPSA) is 73.9 Å². The Kier molecular flexibility index (Phi) is 9.15. The van der Waals surface area contributed by atoms with E-state index >= 15 is 0 Å². The number of carbonyl (C=O) groups excluding carboxylic acids is 2. The summed E-state index contributed by atoms with van der Waals surface area (Å²) in [4.78, 5) is 25.8. The highest BCUT2D eigenvalue weighted by Crippen LogP contribution is 2.37. The van der Waals surface area contributed by atoms with Gasteiger partial charge in [-0.15, -0.1) is 0 Å². The van der Waals surface area contributed by atoms with Crippen LogP contribution in [0.25, 0.3) is 0 Å². The Labute approximate surface area is 180 Å². The molecule has 6 nitrogen and oxygen atoms in total. The molecule has 1 aliphatic rings. The van der Waals surface area contributed by atoms with Crippen LogP contribution in [-0.2, 0) is 14.3 Å². The maximum atomic E-state index is 13.3. The number of ether oxygens (including phenoxy) is 3. The van der Waals surface area contributed by atoms with Gasteiger partial charge in [0, 0.05) is 12.3 Å². The van der Waals surface area contributed by atoms with Crippen molar-refractivity contribution in [3.63, 3.8) is 0 Å². The maximum Gasteiger partial charge on any atom is 0.341 e. The first-order valence-corrected chi connectivity index (χ1v) is 11.3. The van der Waals surface area contributed by atoms with E-state index in [-0.39, 0.29) is 18.6 Å². The highest BCUT2D eigenvalue weighted by molar-refractivity contribution is 5.99. The summed E-state index contributed by atoms with van der Waals surface area (Å²) in [6.45, 7) is 10.8. The third kappa shape index (κ3) is 6.21. The number of esters is 1. The van der Waals surface area contributed by atoms with Gasteiger partial charge in [-0.1, -0.05) is 27.2 Å². The molecule has 168 valence electrons. The molecule has 0 spiro atoms. The van der Waals surface area contributed by atoms with E-state index in [0.717, 1.165) is 25.7 Å². The molecule has 1 aromatic rings. The number of hydrogen-bond donors (Lipinski definition) is 1. The standard InChI is InChI=1S/C24H37NO5/c1-6-14-29-24(13-9-10-17(4)16-24)23(27)25-19-11-12-21(30-18(5)7-2)20(15-19)22(26)28-8-3/h11-12,15,17-18H,6-10,13-14,16H2,1-5H3,(H,25,27)/t17-,18+,24-/m1/s1. The molecule has 0 radical (unpaired) electrons. The lowest BCUT2D eigenvalue weighted by molar-refractivity contribution is -0.148. The second-order valence-corrected chi connectivity index (χ2v) is 8.27. The number of nitrogens with one attached hydrogen (secondary N) is 1. The largest absolute Gasteiger partial charge is 0.490 e. The van der Waals surface area contributed by atoms with Crippen LogP contribution < -0.4 is 10.1 Å². The Morgan fingerprint density at radius 2 is 2.03 bits per heavy atom. The predicted molar refractivity (Wildman–Crippen MR) is 118 cm³/mol. The van der Waals surface area contributed by atoms with Gasteiger partial charge in [0.25, 0.3) is 5.91 Å². The first-order valence-electron chi connectivity index (χ1n) is 11.3. The van der Waals surface area contributed by atoms with Gasteiger partial charge in [-0.25, -0.2) is 4.79 Å². The van der Waals surface area contributed by atoms with Crippen molar-refractivity contribution in [3.8, 4) is 5.75 Å². The van der Waals surface area contributed by atoms with Crippen molar-refractivity contribution in [2.75, 3.05) is 18.5 Å². The second kappa shape index (κ2) is 11.3. The maximum absolute atomic E-state index is 13.3. The Morgan fingerprint density at radius 1 is 1.27 bits per heavy atom. The van der Waals surface area contributed by atoms with E-state index in [1.165, 1.54) is 0 Å². The van der Waals surface area contributed by atoms with Crippen LogP contribution in [0.15, 0.2) is 18.2 Å². The molecule has 30 heavy (non-hydrogen) atoms. The van der Waals surface area contributed by atoms with Crippen LogP contribution in [-0.4, -0.2) is 36.8 Å². The fraction of sp³-hybridized carbons (Fsp3) is 0.667. The molecule has 1 amide bonds. The zero-order valence-electron chi connectivity index (χ0n) is 19.1. The van der Waals surface area contributed by atoms with E-state index in [0.29, 0.717) is 42.4 Å². The highest BCUT2D eigenvalue weighted by Gasteiger charge is 2.42. The molecule has 0 aromatic heterocycles. The van der Waals surface area contributed by atoms with E-state index < -0.39 is 11.6 Å². The lowest BCUT2D eigenvalue weighted by Gasteiger charge is -2.38. The summed E-state index contributed by atoms with van der Waals surface area (Å²) in [5.41, 5.74) is 0.0386. The van der Waals surface area contributed by atoms with Crippen molar-refractivity contribution < 1.29 is 23.8 Å². The number of hydrogen-bond acceptors (Lipinski definition) is 5. The van der Waals surface area contributed by atoms with Crippen LogP contribution in [0.5, 0.6) is 5.75 Å². The Bertz CT molecular complexity index is 720. The smallest absolute Gasteiger partial charge is 0.341 e. The molecule has 0 saturated heterocycles. The molecule has 1 saturated carbocycles. The summed E-state index contributed by atoms with van der Waals surface area (Å²) in [6, 6.07) is 5.11. The summed E-state index contributed by atoms with van der Waals surface area (Å²) in [6.07, 6.45) is 5.14. The van der Waals surface area contributed by atoms with E-state index in [4.69, 9.17) is 14.2 Å². The molecule has 0 bridgehead atoms. The molecule has 2 rings (SSSR count). The number of amides is 1. The van der Waals surface area contributed by atoms with Crippen molar-refractivity contribution in [1.82, 2.24) is 0 Å². The number of benzene rings is 1. The van der Waals surface area contributed by atoms with Gasteiger partial charge in [-0.05, 0) is 70.1 Å². The Hall–Kier alpha value is -2.08. The van der Waals surface area contributed by atoms with E-state index in [1.807, 2.05) is 20.8 Å². The summed E-state index contributed by atoms with van der Waals surface area (Å²) in [5, 5.41) is 2.99. The predicted octanol–water partition coefficient (Wildman–Crippen LogP) is 5.35. The van der Waals surface area contributed by atoms with E-state index in [2.05, 4.69) is 12.2 Å². The van der Waals surface area contributed by atoms with Gasteiger partial charge in [-0.2, -0.15) is 0 Å². The van der Waals surface area contributed by atoms with Crippen molar-refractivity contribution in [1.29, 1.82) is 0 Å². The van der Waals surface area contributed by atoms with Crippen LogP contribution in [0.4, 0.5) is 5.69 Å². The first kappa shape index (κ1) is 24.2. The van der Waals surface area contributed by atoms with Crippen LogP contribution in [0.2, 0.25) is 0 Å². The molecule has 1 aliphatic carbocycles. The molecule has 0 unspecified atom stereocenters. The monoisotopic (exact) mass is 419 g/mol. The van der Waals surface area contributed by atoms with Gasteiger partial charge >= 0.3 is 5.97 Å². The third-order valence-electron chi connectivity index (χ3n) is 5.59. The molecule has 0 aliphatic heterocycles. The quantitative estimate of drug-likeness (QED) is 0.517. The minimum absolute atomic E-state index is 0.0342. The number of anilines is 1. The number of rotatable bonds is 10. The van der Waals surface area contributed by atoms with Gasteiger partial charge in [0.05, 0.1) is 12.7 Å². The first-order chi connectivity index (χ1) is 14.3. The average Bonchev–Trinajstić information content (AvgIpc) is 2.73. The van der Waals surface area contributed by atoms with Gasteiger partial charge in [0.1, 0.15) is 16.9 Å². The Morgan fingerprint density at radius 3 is 2.67 bits per heavy atom. The molecule has 1 aromatic carbocycles. The van der Waals surface area contributed by atoms with Crippen molar-refractivity contribution >= 4 is 17.6 Å². The van der Waals surface area contributed by atoms with E-state index in [9.17, 15) is 9.59 Å². The van der Waals surface area contributed by atoms with Crippen LogP contribution in [0, 0.1) is 5.92 Å². The molecule has 6 heteroatoms. The fourth-order valence-electron chi connectivity index (χ4n) is 3.83. The zero-order chi connectivity index (χ0) is 22.1. The van der Waals surface area contributed by atoms with E-state index in [1.54, 1.807) is 25.1 Å². The van der Waals surface area contributed by atoms with Crippen LogP contribution >= 0.6 is 0 Å². The Balaban J connectivity index is 2.27. The van der Waals surface area contributed by atoms with Gasteiger partial charge in [0.2, 0.25) is 0 Å². The number of carbonyl (C=O) groups is 2. The molecular formula is C24H37NO5. The summed E-state index contributed by atoms with van der Waals surface area (Å²) in [7, 11) is 0. The minimum Gasteiger partial charge on any atom is -0.490 e. The molecular weight excluding hydrogens is 382 g/mol. The summed E-state index contributed by atoms with van der Waals surface area (Å²) < 4.78 is 17.2. The van der Waals surface area contributed by atoms with Crippen LogP contribution in [0.3, 0.4) is 0 Å². The third-order valence-corrected chi connectivity index (χ3v) is 5.59. The highest BCUT2D eigenvalue weighted by atomic mass is 16.5. The van der Waals surface area contributed by atoms with Crippen molar-refractivity contribution in [2.24, 2.45) is 5.92 Å². The van der Waals surface area contributed by atoms with Gasteiger partial charge < -0.3 is 19.5 Å². The minimum atomic E-state index is -0.816.